The van der Waals surface area contributed by atoms with Crippen molar-refractivity contribution >= 4 is 35.1 Å². The number of fused-ring (bicyclic) bond motifs is 1. The molecule has 2 aliphatic rings. The van der Waals surface area contributed by atoms with Crippen molar-refractivity contribution in [3.05, 3.63) is 28.8 Å². The number of hydrogen-bond acceptors (Lipinski definition) is 4. The summed E-state index contributed by atoms with van der Waals surface area (Å²) >= 11 is 5.93. The maximum absolute atomic E-state index is 12.5. The zero-order valence-electron chi connectivity index (χ0n) is 13.5. The van der Waals surface area contributed by atoms with Crippen LogP contribution >= 0.6 is 11.6 Å². The summed E-state index contributed by atoms with van der Waals surface area (Å²) in [5.74, 6) is -2.51. The fraction of sp³-hybridized carbons (Fsp3) is 0.471. The maximum Gasteiger partial charge on any atom is 0.329 e. The highest BCUT2D eigenvalue weighted by Gasteiger charge is 2.49. The fourth-order valence-electron chi connectivity index (χ4n) is 3.58. The van der Waals surface area contributed by atoms with Gasteiger partial charge in [0.2, 0.25) is 5.91 Å². The normalized spacial score (nSPS) is 24.3. The third-order valence-corrected chi connectivity index (χ3v) is 5.20. The Morgan fingerprint density at radius 2 is 1.92 bits per heavy atom. The molecule has 1 heterocycles. The van der Waals surface area contributed by atoms with Gasteiger partial charge >= 0.3 is 5.97 Å². The van der Waals surface area contributed by atoms with E-state index in [-0.39, 0.29) is 5.56 Å². The molecule has 1 aliphatic carbocycles. The lowest BCUT2D eigenvalue weighted by atomic mass is 9.81. The van der Waals surface area contributed by atoms with Crippen LogP contribution in [-0.2, 0) is 20.0 Å². The molecule has 1 atom stereocenters. The van der Waals surface area contributed by atoms with Crippen molar-refractivity contribution in [2.45, 2.75) is 49.7 Å². The fourth-order valence-corrected chi connectivity index (χ4v) is 3.75. The molecule has 1 fully saturated rings. The molecule has 0 spiro atoms. The van der Waals surface area contributed by atoms with Gasteiger partial charge in [0, 0.05) is 16.3 Å². The number of aliphatic carboxylic acids is 1. The number of carbonyl (C=O) groups excluding carboxylic acids is 2. The number of anilines is 1. The number of hydrogen-bond donors (Lipinski definition) is 4. The van der Waals surface area contributed by atoms with Gasteiger partial charge < -0.3 is 20.8 Å². The largest absolute Gasteiger partial charge is 0.480 e. The second kappa shape index (κ2) is 6.31. The number of rotatable bonds is 4. The van der Waals surface area contributed by atoms with Crippen molar-refractivity contribution in [3.63, 3.8) is 0 Å². The van der Waals surface area contributed by atoms with Crippen LogP contribution in [0.15, 0.2) is 18.2 Å². The molecule has 1 aromatic carbocycles. The Morgan fingerprint density at radius 1 is 1.24 bits per heavy atom. The number of carbonyl (C=O) groups is 3. The summed E-state index contributed by atoms with van der Waals surface area (Å²) in [5, 5.41) is 25.7. The molecule has 1 unspecified atom stereocenters. The van der Waals surface area contributed by atoms with Crippen LogP contribution < -0.4 is 10.6 Å². The Morgan fingerprint density at radius 3 is 2.56 bits per heavy atom. The standard InChI is InChI=1S/C17H19ClN2O5/c18-10-4-5-12-11(8-10)17(25,14(22)19-12)9-13(21)20-16(15(23)24)6-2-1-3-7-16/h4-5,8,25H,1-3,6-7,9H2,(H,19,22)(H,20,21)(H,23,24). The number of nitrogens with one attached hydrogen (secondary N) is 2. The van der Waals surface area contributed by atoms with E-state index >= 15 is 0 Å². The monoisotopic (exact) mass is 366 g/mol. The van der Waals surface area contributed by atoms with E-state index in [0.29, 0.717) is 36.4 Å². The van der Waals surface area contributed by atoms with Crippen molar-refractivity contribution in [3.8, 4) is 0 Å². The molecule has 1 aromatic rings. The molecule has 1 saturated carbocycles. The van der Waals surface area contributed by atoms with Crippen LogP contribution in [0.5, 0.6) is 0 Å². The minimum absolute atomic E-state index is 0.216. The quantitative estimate of drug-likeness (QED) is 0.648. The zero-order chi connectivity index (χ0) is 18.2. The van der Waals surface area contributed by atoms with Gasteiger partial charge in [0.05, 0.1) is 6.42 Å². The van der Waals surface area contributed by atoms with Crippen molar-refractivity contribution < 1.29 is 24.6 Å². The minimum Gasteiger partial charge on any atom is -0.480 e. The average Bonchev–Trinajstić information content (AvgIpc) is 2.79. The second-order valence-corrected chi connectivity index (χ2v) is 7.11. The molecule has 0 bridgehead atoms. The first-order valence-electron chi connectivity index (χ1n) is 8.15. The van der Waals surface area contributed by atoms with Crippen molar-refractivity contribution in [1.82, 2.24) is 5.32 Å². The van der Waals surface area contributed by atoms with Crippen LogP contribution in [0.1, 0.15) is 44.1 Å². The smallest absolute Gasteiger partial charge is 0.329 e. The molecule has 25 heavy (non-hydrogen) atoms. The molecule has 4 N–H and O–H groups in total. The lowest BCUT2D eigenvalue weighted by Gasteiger charge is -2.34. The molecule has 7 nitrogen and oxygen atoms in total. The van der Waals surface area contributed by atoms with E-state index in [4.69, 9.17) is 11.6 Å². The summed E-state index contributed by atoms with van der Waals surface area (Å²) in [6.45, 7) is 0. The molecule has 0 saturated heterocycles. The Balaban J connectivity index is 1.82. The Hall–Kier alpha value is -2.12. The maximum atomic E-state index is 12.5. The SMILES string of the molecule is O=C(CC1(O)C(=O)Nc2ccc(Cl)cc21)NC1(C(=O)O)CCCCC1. The first-order chi connectivity index (χ1) is 11.8. The molecular formula is C17H19ClN2O5. The van der Waals surface area contributed by atoms with Crippen LogP contribution in [0.4, 0.5) is 5.69 Å². The predicted molar refractivity (Wildman–Crippen MR) is 90.2 cm³/mol. The Kier molecular flexibility index (Phi) is 4.47. The molecule has 0 radical (unpaired) electrons. The Labute approximate surface area is 149 Å². The van der Waals surface area contributed by atoms with Crippen molar-refractivity contribution in [1.29, 1.82) is 0 Å². The third kappa shape index (κ3) is 3.09. The number of halogens is 1. The number of benzene rings is 1. The summed E-state index contributed by atoms with van der Waals surface area (Å²) in [6, 6.07) is 4.54. The molecule has 2 amide bonds. The topological polar surface area (TPSA) is 116 Å². The summed E-state index contributed by atoms with van der Waals surface area (Å²) in [5.41, 5.74) is -2.81. The number of carboxylic acids is 1. The predicted octanol–water partition coefficient (Wildman–Crippen LogP) is 1.77. The van der Waals surface area contributed by atoms with Crippen LogP contribution in [-0.4, -0.2) is 33.5 Å². The lowest BCUT2D eigenvalue weighted by molar-refractivity contribution is -0.151. The van der Waals surface area contributed by atoms with E-state index < -0.39 is 35.3 Å². The third-order valence-electron chi connectivity index (χ3n) is 4.96. The van der Waals surface area contributed by atoms with Gasteiger partial charge in [-0.15, -0.1) is 0 Å². The van der Waals surface area contributed by atoms with Crippen LogP contribution in [0.2, 0.25) is 5.02 Å². The van der Waals surface area contributed by atoms with Gasteiger partial charge in [-0.3, -0.25) is 9.59 Å². The highest BCUT2D eigenvalue weighted by atomic mass is 35.5. The number of aliphatic hydroxyl groups is 1. The molecule has 1 aliphatic heterocycles. The van der Waals surface area contributed by atoms with Gasteiger partial charge in [-0.2, -0.15) is 0 Å². The number of carboxylic acid groups (broad SMARTS) is 1. The van der Waals surface area contributed by atoms with Gasteiger partial charge in [-0.05, 0) is 31.0 Å². The first-order valence-corrected chi connectivity index (χ1v) is 8.53. The molecule has 134 valence electrons. The van der Waals surface area contributed by atoms with E-state index in [2.05, 4.69) is 10.6 Å². The van der Waals surface area contributed by atoms with E-state index in [9.17, 15) is 24.6 Å². The zero-order valence-corrected chi connectivity index (χ0v) is 14.2. The molecule has 0 aromatic heterocycles. The van der Waals surface area contributed by atoms with Crippen LogP contribution in [0.3, 0.4) is 0 Å². The van der Waals surface area contributed by atoms with Crippen molar-refractivity contribution in [2.24, 2.45) is 0 Å². The minimum atomic E-state index is -2.07. The summed E-state index contributed by atoms with van der Waals surface area (Å²) < 4.78 is 0. The summed E-state index contributed by atoms with van der Waals surface area (Å²) in [4.78, 5) is 36.3. The highest BCUT2D eigenvalue weighted by molar-refractivity contribution is 6.31. The van der Waals surface area contributed by atoms with Crippen molar-refractivity contribution in [2.75, 3.05) is 5.32 Å². The Bertz CT molecular complexity index is 745. The lowest BCUT2D eigenvalue weighted by Crippen LogP contribution is -2.56. The van der Waals surface area contributed by atoms with Crippen LogP contribution in [0.25, 0.3) is 0 Å². The van der Waals surface area contributed by atoms with Gasteiger partial charge in [0.15, 0.2) is 5.60 Å². The van der Waals surface area contributed by atoms with Gasteiger partial charge in [0.25, 0.3) is 5.91 Å². The van der Waals surface area contributed by atoms with Gasteiger partial charge in [0.1, 0.15) is 5.54 Å². The van der Waals surface area contributed by atoms with Crippen LogP contribution in [0, 0.1) is 0 Å². The first kappa shape index (κ1) is 17.7. The highest BCUT2D eigenvalue weighted by Crippen LogP contribution is 2.40. The summed E-state index contributed by atoms with van der Waals surface area (Å²) in [7, 11) is 0. The van der Waals surface area contributed by atoms with E-state index in [1.807, 2.05) is 0 Å². The number of amides is 2. The van der Waals surface area contributed by atoms with E-state index in [0.717, 1.165) is 6.42 Å². The van der Waals surface area contributed by atoms with Gasteiger partial charge in [-0.25, -0.2) is 4.79 Å². The van der Waals surface area contributed by atoms with E-state index in [1.165, 1.54) is 6.07 Å². The second-order valence-electron chi connectivity index (χ2n) is 6.68. The molecular weight excluding hydrogens is 348 g/mol. The summed E-state index contributed by atoms with van der Waals surface area (Å²) in [6.07, 6.45) is 2.43. The molecule has 8 heteroatoms. The van der Waals surface area contributed by atoms with Gasteiger partial charge in [-0.1, -0.05) is 30.9 Å². The average molecular weight is 367 g/mol. The van der Waals surface area contributed by atoms with E-state index in [1.54, 1.807) is 12.1 Å². The molecule has 3 rings (SSSR count).